The summed E-state index contributed by atoms with van der Waals surface area (Å²) in [4.78, 5) is 21.3. The van der Waals surface area contributed by atoms with Crippen molar-refractivity contribution in [2.45, 2.75) is 6.61 Å². The molecular formula is C14H11NO5. The van der Waals surface area contributed by atoms with Gasteiger partial charge in [0.25, 0.3) is 0 Å². The zero-order chi connectivity index (χ0) is 14.5. The van der Waals surface area contributed by atoms with Crippen molar-refractivity contribution in [1.29, 1.82) is 0 Å². The van der Waals surface area contributed by atoms with E-state index < -0.39 is 16.6 Å². The molecule has 1 N–H and O–H groups in total. The molecular weight excluding hydrogens is 262 g/mol. The number of carboxylic acid groups (broad SMARTS) is 1. The maximum atomic E-state index is 11.0. The molecule has 20 heavy (non-hydrogen) atoms. The first kappa shape index (κ1) is 13.5. The van der Waals surface area contributed by atoms with Gasteiger partial charge < -0.3 is 9.84 Å². The summed E-state index contributed by atoms with van der Waals surface area (Å²) in [6.45, 7) is 0.130. The Balaban J connectivity index is 2.30. The molecule has 0 radical (unpaired) electrons. The van der Waals surface area contributed by atoms with Crippen LogP contribution in [-0.2, 0) is 6.61 Å². The number of hydrogen-bond donors (Lipinski definition) is 1. The van der Waals surface area contributed by atoms with Crippen LogP contribution in [0.25, 0.3) is 0 Å². The summed E-state index contributed by atoms with van der Waals surface area (Å²) in [5, 5.41) is 20.0. The van der Waals surface area contributed by atoms with Crippen LogP contribution in [-0.4, -0.2) is 16.0 Å². The number of nitro groups is 1. The fourth-order valence-electron chi connectivity index (χ4n) is 1.74. The van der Waals surface area contributed by atoms with Crippen LogP contribution in [0.4, 0.5) is 5.69 Å². The summed E-state index contributed by atoms with van der Waals surface area (Å²) in [6, 6.07) is 13.1. The normalized spacial score (nSPS) is 10.0. The first-order valence-electron chi connectivity index (χ1n) is 5.77. The summed E-state index contributed by atoms with van der Waals surface area (Å²) in [5.41, 5.74) is -0.0842. The van der Waals surface area contributed by atoms with E-state index >= 15 is 0 Å². The number of nitro benzene ring substituents is 1. The van der Waals surface area contributed by atoms with Crippen LogP contribution in [0.3, 0.4) is 0 Å². The number of carboxylic acids is 1. The van der Waals surface area contributed by atoms with Gasteiger partial charge in [0.05, 0.1) is 4.92 Å². The van der Waals surface area contributed by atoms with Crippen molar-refractivity contribution in [2.24, 2.45) is 0 Å². The Bertz CT molecular complexity index is 639. The molecule has 0 aliphatic rings. The Morgan fingerprint density at radius 3 is 2.45 bits per heavy atom. The van der Waals surface area contributed by atoms with E-state index in [9.17, 15) is 14.9 Å². The molecule has 102 valence electrons. The number of carbonyl (C=O) groups is 1. The molecule has 0 bridgehead atoms. The van der Waals surface area contributed by atoms with Crippen LogP contribution in [0.1, 0.15) is 15.9 Å². The lowest BCUT2D eigenvalue weighted by molar-refractivity contribution is -0.386. The summed E-state index contributed by atoms with van der Waals surface area (Å²) in [5.74, 6) is -1.42. The predicted octanol–water partition coefficient (Wildman–Crippen LogP) is 2.87. The van der Waals surface area contributed by atoms with E-state index in [1.165, 1.54) is 18.2 Å². The minimum absolute atomic E-state index is 0.0567. The molecule has 0 spiro atoms. The highest BCUT2D eigenvalue weighted by atomic mass is 16.6. The number of rotatable bonds is 5. The van der Waals surface area contributed by atoms with Crippen LogP contribution in [0.2, 0.25) is 0 Å². The number of benzene rings is 2. The SMILES string of the molecule is O=C(O)c1cccc(OCc2ccccc2)c1[N+](=O)[O-]. The smallest absolute Gasteiger partial charge is 0.342 e. The molecule has 0 saturated carbocycles. The van der Waals surface area contributed by atoms with Crippen molar-refractivity contribution in [3.05, 3.63) is 69.8 Å². The first-order chi connectivity index (χ1) is 9.59. The van der Waals surface area contributed by atoms with Crippen molar-refractivity contribution in [3.63, 3.8) is 0 Å². The lowest BCUT2D eigenvalue weighted by Crippen LogP contribution is -2.05. The quantitative estimate of drug-likeness (QED) is 0.668. The predicted molar refractivity (Wildman–Crippen MR) is 70.8 cm³/mol. The molecule has 0 amide bonds. The molecule has 6 nitrogen and oxygen atoms in total. The van der Waals surface area contributed by atoms with Gasteiger partial charge in [-0.15, -0.1) is 0 Å². The summed E-state index contributed by atoms with van der Waals surface area (Å²) >= 11 is 0. The molecule has 6 heteroatoms. The molecule has 2 aromatic carbocycles. The van der Waals surface area contributed by atoms with Gasteiger partial charge in [0.15, 0.2) is 5.75 Å². The highest BCUT2D eigenvalue weighted by molar-refractivity contribution is 5.93. The Hall–Kier alpha value is -2.89. The Labute approximate surface area is 114 Å². The fourth-order valence-corrected chi connectivity index (χ4v) is 1.74. The topological polar surface area (TPSA) is 89.7 Å². The zero-order valence-electron chi connectivity index (χ0n) is 10.4. The standard InChI is InChI=1S/C14H11NO5/c16-14(17)11-7-4-8-12(13(11)15(18)19)20-9-10-5-2-1-3-6-10/h1-8H,9H2,(H,16,17). The largest absolute Gasteiger partial charge is 0.482 e. The molecule has 0 aromatic heterocycles. The molecule has 0 saturated heterocycles. The van der Waals surface area contributed by atoms with Gasteiger partial charge in [0.1, 0.15) is 12.2 Å². The van der Waals surface area contributed by atoms with Crippen molar-refractivity contribution >= 4 is 11.7 Å². The molecule has 2 rings (SSSR count). The molecule has 0 aliphatic carbocycles. The van der Waals surface area contributed by atoms with Gasteiger partial charge in [0.2, 0.25) is 0 Å². The van der Waals surface area contributed by atoms with Gasteiger partial charge in [-0.05, 0) is 17.7 Å². The van der Waals surface area contributed by atoms with Gasteiger partial charge in [-0.3, -0.25) is 10.1 Å². The monoisotopic (exact) mass is 273 g/mol. The van der Waals surface area contributed by atoms with E-state index in [1.807, 2.05) is 30.3 Å². The minimum Gasteiger partial charge on any atom is -0.482 e. The molecule has 0 aliphatic heterocycles. The lowest BCUT2D eigenvalue weighted by atomic mass is 10.1. The average Bonchev–Trinajstić information content (AvgIpc) is 2.45. The Kier molecular flexibility index (Phi) is 3.95. The number of para-hydroxylation sites is 1. The Morgan fingerprint density at radius 1 is 1.15 bits per heavy atom. The molecule has 0 heterocycles. The molecule has 2 aromatic rings. The van der Waals surface area contributed by atoms with Gasteiger partial charge >= 0.3 is 11.7 Å². The fraction of sp³-hybridized carbons (Fsp3) is 0.0714. The van der Waals surface area contributed by atoms with Crippen molar-refractivity contribution in [1.82, 2.24) is 0 Å². The van der Waals surface area contributed by atoms with Gasteiger partial charge in [-0.25, -0.2) is 4.79 Å². The maximum absolute atomic E-state index is 11.0. The van der Waals surface area contributed by atoms with Crippen molar-refractivity contribution < 1.29 is 19.6 Å². The second-order valence-electron chi connectivity index (χ2n) is 3.99. The van der Waals surface area contributed by atoms with Crippen LogP contribution in [0.15, 0.2) is 48.5 Å². The number of nitrogens with zero attached hydrogens (tertiary/aromatic N) is 1. The highest BCUT2D eigenvalue weighted by Gasteiger charge is 2.25. The maximum Gasteiger partial charge on any atom is 0.342 e. The first-order valence-corrected chi connectivity index (χ1v) is 5.77. The van der Waals surface area contributed by atoms with Gasteiger partial charge in [-0.2, -0.15) is 0 Å². The second-order valence-corrected chi connectivity index (χ2v) is 3.99. The highest BCUT2D eigenvalue weighted by Crippen LogP contribution is 2.31. The van der Waals surface area contributed by atoms with E-state index in [4.69, 9.17) is 9.84 Å². The lowest BCUT2D eigenvalue weighted by Gasteiger charge is -2.08. The third kappa shape index (κ3) is 2.92. The molecule has 0 fully saturated rings. The van der Waals surface area contributed by atoms with E-state index in [0.717, 1.165) is 5.56 Å². The molecule has 0 unspecified atom stereocenters. The summed E-state index contributed by atoms with van der Waals surface area (Å²) < 4.78 is 5.37. The third-order valence-corrected chi connectivity index (χ3v) is 2.65. The van der Waals surface area contributed by atoms with Gasteiger partial charge in [0, 0.05) is 0 Å². The van der Waals surface area contributed by atoms with Crippen LogP contribution >= 0.6 is 0 Å². The van der Waals surface area contributed by atoms with Crippen molar-refractivity contribution in [3.8, 4) is 5.75 Å². The van der Waals surface area contributed by atoms with Crippen LogP contribution < -0.4 is 4.74 Å². The number of ether oxygens (including phenoxy) is 1. The number of hydrogen-bond acceptors (Lipinski definition) is 4. The zero-order valence-corrected chi connectivity index (χ0v) is 10.4. The van der Waals surface area contributed by atoms with Crippen molar-refractivity contribution in [2.75, 3.05) is 0 Å². The average molecular weight is 273 g/mol. The third-order valence-electron chi connectivity index (χ3n) is 2.65. The van der Waals surface area contributed by atoms with E-state index in [-0.39, 0.29) is 17.9 Å². The second kappa shape index (κ2) is 5.83. The van der Waals surface area contributed by atoms with E-state index in [1.54, 1.807) is 0 Å². The van der Waals surface area contributed by atoms with Gasteiger partial charge in [-0.1, -0.05) is 36.4 Å². The summed E-state index contributed by atoms with van der Waals surface area (Å²) in [7, 11) is 0. The summed E-state index contributed by atoms with van der Waals surface area (Å²) in [6.07, 6.45) is 0. The van der Waals surface area contributed by atoms with Crippen LogP contribution in [0, 0.1) is 10.1 Å². The number of aromatic carboxylic acids is 1. The van der Waals surface area contributed by atoms with E-state index in [0.29, 0.717) is 0 Å². The Morgan fingerprint density at radius 2 is 1.85 bits per heavy atom. The van der Waals surface area contributed by atoms with E-state index in [2.05, 4.69) is 0 Å². The van der Waals surface area contributed by atoms with Crippen LogP contribution in [0.5, 0.6) is 5.75 Å². The molecule has 0 atom stereocenters. The minimum atomic E-state index is -1.36.